The average molecular weight is 301 g/mol. The van der Waals surface area contributed by atoms with Crippen molar-refractivity contribution in [3.05, 3.63) is 78.1 Å². The van der Waals surface area contributed by atoms with Gasteiger partial charge in [-0.3, -0.25) is 4.98 Å². The molecule has 0 aliphatic heterocycles. The van der Waals surface area contributed by atoms with Crippen molar-refractivity contribution in [1.29, 1.82) is 5.26 Å². The molecule has 0 amide bonds. The Morgan fingerprint density at radius 1 is 0.957 bits per heavy atom. The number of nitrogens with one attached hydrogen (secondary N) is 1. The fraction of sp³-hybridized carbons (Fsp3) is 0.0526. The third kappa shape index (κ3) is 3.54. The number of aliphatic hydroxyl groups excluding tert-OH is 1. The lowest BCUT2D eigenvalue weighted by Crippen LogP contribution is -1.92. The Bertz CT molecular complexity index is 851. The number of nitriles is 1. The van der Waals surface area contributed by atoms with E-state index in [1.165, 1.54) is 0 Å². The van der Waals surface area contributed by atoms with Crippen molar-refractivity contribution in [2.24, 2.45) is 0 Å². The molecule has 0 bridgehead atoms. The van der Waals surface area contributed by atoms with Crippen LogP contribution in [-0.2, 0) is 6.61 Å². The lowest BCUT2D eigenvalue weighted by atomic mass is 10.0. The van der Waals surface area contributed by atoms with Crippen LogP contribution in [0.3, 0.4) is 0 Å². The maximum absolute atomic E-state index is 9.25. The fourth-order valence-corrected chi connectivity index (χ4v) is 2.31. The van der Waals surface area contributed by atoms with Crippen molar-refractivity contribution < 1.29 is 5.11 Å². The monoisotopic (exact) mass is 301 g/mol. The first-order valence-electron chi connectivity index (χ1n) is 7.21. The predicted molar refractivity (Wildman–Crippen MR) is 90.0 cm³/mol. The third-order valence-electron chi connectivity index (χ3n) is 3.48. The molecule has 23 heavy (non-hydrogen) atoms. The molecule has 1 aromatic heterocycles. The average Bonchev–Trinajstić information content (AvgIpc) is 2.63. The summed E-state index contributed by atoms with van der Waals surface area (Å²) in [6, 6.07) is 19.1. The quantitative estimate of drug-likeness (QED) is 0.768. The Labute approximate surface area is 134 Å². The van der Waals surface area contributed by atoms with Crippen LogP contribution >= 0.6 is 0 Å². The second kappa shape index (κ2) is 6.73. The number of hydrogen-bond donors (Lipinski definition) is 2. The van der Waals surface area contributed by atoms with Gasteiger partial charge in [-0.05, 0) is 47.5 Å². The number of aliphatic hydroxyl groups is 1. The Hall–Kier alpha value is -3.16. The maximum Gasteiger partial charge on any atom is 0.0991 e. The number of rotatable bonds is 4. The Morgan fingerprint density at radius 3 is 2.52 bits per heavy atom. The summed E-state index contributed by atoms with van der Waals surface area (Å²) in [5.41, 5.74) is 5.23. The Balaban J connectivity index is 1.85. The molecule has 0 spiro atoms. The van der Waals surface area contributed by atoms with Gasteiger partial charge in [0.15, 0.2) is 0 Å². The molecule has 0 unspecified atom stereocenters. The number of benzene rings is 2. The molecular formula is C19H15N3O. The summed E-state index contributed by atoms with van der Waals surface area (Å²) in [6.07, 6.45) is 3.54. The minimum Gasteiger partial charge on any atom is -0.392 e. The highest BCUT2D eigenvalue weighted by molar-refractivity contribution is 5.70. The molecule has 0 saturated heterocycles. The van der Waals surface area contributed by atoms with Crippen LogP contribution in [0.15, 0.2) is 67.0 Å². The maximum atomic E-state index is 9.25. The van der Waals surface area contributed by atoms with Crippen LogP contribution in [0.5, 0.6) is 0 Å². The molecule has 0 fully saturated rings. The van der Waals surface area contributed by atoms with Gasteiger partial charge in [0, 0.05) is 17.4 Å². The first kappa shape index (κ1) is 14.8. The largest absolute Gasteiger partial charge is 0.392 e. The second-order valence-corrected chi connectivity index (χ2v) is 5.13. The number of hydrogen-bond acceptors (Lipinski definition) is 4. The molecule has 1 heterocycles. The van der Waals surface area contributed by atoms with Crippen molar-refractivity contribution in [2.45, 2.75) is 6.61 Å². The molecule has 3 rings (SSSR count). The van der Waals surface area contributed by atoms with Crippen LogP contribution in [0.1, 0.15) is 11.1 Å². The van der Waals surface area contributed by atoms with E-state index in [0.717, 1.165) is 28.1 Å². The molecule has 2 aromatic carbocycles. The van der Waals surface area contributed by atoms with Crippen LogP contribution in [0.25, 0.3) is 11.1 Å². The first-order valence-corrected chi connectivity index (χ1v) is 7.21. The van der Waals surface area contributed by atoms with Gasteiger partial charge >= 0.3 is 0 Å². The van der Waals surface area contributed by atoms with Gasteiger partial charge in [-0.15, -0.1) is 0 Å². The highest BCUT2D eigenvalue weighted by Crippen LogP contribution is 2.24. The van der Waals surface area contributed by atoms with Crippen LogP contribution < -0.4 is 5.32 Å². The van der Waals surface area contributed by atoms with E-state index in [4.69, 9.17) is 5.26 Å². The summed E-state index contributed by atoms with van der Waals surface area (Å²) in [5, 5.41) is 21.3. The van der Waals surface area contributed by atoms with E-state index >= 15 is 0 Å². The minimum absolute atomic E-state index is 0.0183. The van der Waals surface area contributed by atoms with E-state index in [0.29, 0.717) is 5.56 Å². The van der Waals surface area contributed by atoms with Gasteiger partial charge in [-0.2, -0.15) is 5.26 Å². The van der Waals surface area contributed by atoms with Crippen LogP contribution in [0.4, 0.5) is 11.4 Å². The van der Waals surface area contributed by atoms with E-state index in [-0.39, 0.29) is 6.61 Å². The molecule has 0 radical (unpaired) electrons. The van der Waals surface area contributed by atoms with Gasteiger partial charge in [-0.25, -0.2) is 0 Å². The van der Waals surface area contributed by atoms with Crippen molar-refractivity contribution in [3.63, 3.8) is 0 Å². The number of anilines is 2. The van der Waals surface area contributed by atoms with Crippen molar-refractivity contribution >= 4 is 11.4 Å². The van der Waals surface area contributed by atoms with Gasteiger partial charge in [0.1, 0.15) is 0 Å². The molecule has 3 aromatic rings. The van der Waals surface area contributed by atoms with Gasteiger partial charge < -0.3 is 10.4 Å². The summed E-state index contributed by atoms with van der Waals surface area (Å²) in [4.78, 5) is 4.27. The molecule has 0 saturated carbocycles. The summed E-state index contributed by atoms with van der Waals surface area (Å²) < 4.78 is 0. The van der Waals surface area contributed by atoms with Crippen LogP contribution in [0.2, 0.25) is 0 Å². The lowest BCUT2D eigenvalue weighted by molar-refractivity contribution is 0.282. The van der Waals surface area contributed by atoms with Crippen LogP contribution in [0, 0.1) is 11.3 Å². The van der Waals surface area contributed by atoms with Crippen molar-refractivity contribution in [2.75, 3.05) is 5.32 Å². The SMILES string of the molecule is N#Cc1ccc(Nc2cncc(-c3cccc(CO)c3)c2)cc1. The van der Waals surface area contributed by atoms with E-state index in [9.17, 15) is 5.11 Å². The number of nitrogens with zero attached hydrogens (tertiary/aromatic N) is 2. The van der Waals surface area contributed by atoms with Crippen LogP contribution in [-0.4, -0.2) is 10.1 Å². The molecule has 4 heteroatoms. The summed E-state index contributed by atoms with van der Waals surface area (Å²) in [5.74, 6) is 0. The third-order valence-corrected chi connectivity index (χ3v) is 3.48. The number of pyridine rings is 1. The molecule has 4 nitrogen and oxygen atoms in total. The fourth-order valence-electron chi connectivity index (χ4n) is 2.31. The highest BCUT2D eigenvalue weighted by atomic mass is 16.3. The zero-order chi connectivity index (χ0) is 16.1. The molecule has 0 atom stereocenters. The minimum atomic E-state index is 0.0183. The summed E-state index contributed by atoms with van der Waals surface area (Å²) >= 11 is 0. The van der Waals surface area contributed by atoms with E-state index in [1.807, 2.05) is 42.5 Å². The Kier molecular flexibility index (Phi) is 4.32. The van der Waals surface area contributed by atoms with E-state index in [1.54, 1.807) is 24.5 Å². The smallest absolute Gasteiger partial charge is 0.0991 e. The topological polar surface area (TPSA) is 68.9 Å². The van der Waals surface area contributed by atoms with Crippen molar-refractivity contribution in [1.82, 2.24) is 4.98 Å². The van der Waals surface area contributed by atoms with Gasteiger partial charge in [0.05, 0.1) is 30.1 Å². The number of aromatic nitrogens is 1. The standard InChI is InChI=1S/C19H15N3O/c20-10-14-4-6-18(7-5-14)22-19-9-17(11-21-12-19)16-3-1-2-15(8-16)13-23/h1-9,11-12,22-23H,13H2. The molecule has 2 N–H and O–H groups in total. The molecular weight excluding hydrogens is 286 g/mol. The molecule has 112 valence electrons. The van der Waals surface area contributed by atoms with E-state index < -0.39 is 0 Å². The van der Waals surface area contributed by atoms with E-state index in [2.05, 4.69) is 16.4 Å². The normalized spacial score (nSPS) is 10.1. The predicted octanol–water partition coefficient (Wildman–Crippen LogP) is 3.86. The first-order chi connectivity index (χ1) is 11.3. The molecule has 0 aliphatic carbocycles. The zero-order valence-electron chi connectivity index (χ0n) is 12.4. The summed E-state index contributed by atoms with van der Waals surface area (Å²) in [6.45, 7) is 0.0183. The van der Waals surface area contributed by atoms with Crippen molar-refractivity contribution in [3.8, 4) is 17.2 Å². The second-order valence-electron chi connectivity index (χ2n) is 5.13. The molecule has 0 aliphatic rings. The van der Waals surface area contributed by atoms with Gasteiger partial charge in [-0.1, -0.05) is 18.2 Å². The summed E-state index contributed by atoms with van der Waals surface area (Å²) in [7, 11) is 0. The van der Waals surface area contributed by atoms with Gasteiger partial charge in [0.2, 0.25) is 0 Å². The lowest BCUT2D eigenvalue weighted by Gasteiger charge is -2.09. The van der Waals surface area contributed by atoms with Gasteiger partial charge in [0.25, 0.3) is 0 Å². The Morgan fingerprint density at radius 2 is 1.78 bits per heavy atom. The zero-order valence-corrected chi connectivity index (χ0v) is 12.4. The highest BCUT2D eigenvalue weighted by Gasteiger charge is 2.02.